The molecule has 0 aromatic heterocycles. The molecule has 0 bridgehead atoms. The highest BCUT2D eigenvalue weighted by molar-refractivity contribution is 7.89. The van der Waals surface area contributed by atoms with E-state index in [1.165, 1.54) is 22.5 Å². The van der Waals surface area contributed by atoms with Gasteiger partial charge in [0.05, 0.1) is 10.9 Å². The average Bonchev–Trinajstić information content (AvgIpc) is 2.57. The molecular weight excluding hydrogens is 341 g/mol. The molecular formula is C16H15F3N2O2S. The van der Waals surface area contributed by atoms with Gasteiger partial charge in [0.2, 0.25) is 10.0 Å². The molecule has 128 valence electrons. The van der Waals surface area contributed by atoms with Crippen LogP contribution < -0.4 is 5.32 Å². The highest BCUT2D eigenvalue weighted by atomic mass is 32.2. The van der Waals surface area contributed by atoms with Crippen LogP contribution >= 0.6 is 0 Å². The van der Waals surface area contributed by atoms with Gasteiger partial charge in [0.1, 0.15) is 5.82 Å². The molecule has 3 rings (SSSR count). The first-order valence-electron chi connectivity index (χ1n) is 7.32. The molecule has 1 saturated heterocycles. The van der Waals surface area contributed by atoms with Crippen LogP contribution in [0.3, 0.4) is 0 Å². The molecule has 0 spiro atoms. The number of benzene rings is 2. The summed E-state index contributed by atoms with van der Waals surface area (Å²) in [6, 6.07) is 7.51. The fraction of sp³-hybridized carbons (Fsp3) is 0.250. The number of sulfonamides is 1. The van der Waals surface area contributed by atoms with Crippen molar-refractivity contribution >= 4 is 10.0 Å². The van der Waals surface area contributed by atoms with E-state index < -0.39 is 33.5 Å². The predicted molar refractivity (Wildman–Crippen MR) is 82.3 cm³/mol. The largest absolute Gasteiger partial charge is 0.313 e. The standard InChI is InChI=1S/C16H15F3N2O2S/c17-12-3-1-2-11(8-12)16-10-20-6-7-21(16)24(22,23)13-4-5-14(18)15(19)9-13/h1-5,8-9,16,20H,6-7,10H2. The molecule has 0 saturated carbocycles. The van der Waals surface area contributed by atoms with Gasteiger partial charge in [-0.3, -0.25) is 0 Å². The molecule has 1 N–H and O–H groups in total. The van der Waals surface area contributed by atoms with Crippen LogP contribution in [0, 0.1) is 17.5 Å². The van der Waals surface area contributed by atoms with Crippen molar-refractivity contribution in [1.82, 2.24) is 9.62 Å². The lowest BCUT2D eigenvalue weighted by atomic mass is 10.1. The Labute approximate surface area is 138 Å². The fourth-order valence-electron chi connectivity index (χ4n) is 2.74. The van der Waals surface area contributed by atoms with Gasteiger partial charge in [0, 0.05) is 19.6 Å². The molecule has 0 amide bonds. The summed E-state index contributed by atoms with van der Waals surface area (Å²) in [5, 5.41) is 3.06. The van der Waals surface area contributed by atoms with E-state index in [4.69, 9.17) is 0 Å². The second kappa shape index (κ2) is 6.54. The minimum atomic E-state index is -4.05. The molecule has 24 heavy (non-hydrogen) atoms. The highest BCUT2D eigenvalue weighted by Crippen LogP contribution is 2.29. The van der Waals surface area contributed by atoms with Crippen LogP contribution in [-0.4, -0.2) is 32.4 Å². The molecule has 1 aliphatic heterocycles. The van der Waals surface area contributed by atoms with Crippen molar-refractivity contribution in [2.45, 2.75) is 10.9 Å². The van der Waals surface area contributed by atoms with Crippen molar-refractivity contribution < 1.29 is 21.6 Å². The minimum absolute atomic E-state index is 0.141. The molecule has 1 heterocycles. The monoisotopic (exact) mass is 356 g/mol. The van der Waals surface area contributed by atoms with Gasteiger partial charge in [-0.1, -0.05) is 12.1 Å². The third kappa shape index (κ3) is 3.17. The number of hydrogen-bond donors (Lipinski definition) is 1. The van der Waals surface area contributed by atoms with Gasteiger partial charge >= 0.3 is 0 Å². The molecule has 1 unspecified atom stereocenters. The second-order valence-electron chi connectivity index (χ2n) is 5.47. The van der Waals surface area contributed by atoms with E-state index in [-0.39, 0.29) is 11.4 Å². The first-order chi connectivity index (χ1) is 11.4. The summed E-state index contributed by atoms with van der Waals surface area (Å²) in [6.45, 7) is 0.851. The summed E-state index contributed by atoms with van der Waals surface area (Å²) in [5.41, 5.74) is 0.494. The summed E-state index contributed by atoms with van der Waals surface area (Å²) in [6.07, 6.45) is 0. The lowest BCUT2D eigenvalue weighted by Gasteiger charge is -2.35. The van der Waals surface area contributed by atoms with Gasteiger partial charge in [0.25, 0.3) is 0 Å². The molecule has 0 aliphatic carbocycles. The Morgan fingerprint density at radius 1 is 1.04 bits per heavy atom. The van der Waals surface area contributed by atoms with Crippen LogP contribution in [0.4, 0.5) is 13.2 Å². The van der Waals surface area contributed by atoms with E-state index >= 15 is 0 Å². The maximum Gasteiger partial charge on any atom is 0.243 e. The third-order valence-corrected chi connectivity index (χ3v) is 5.83. The summed E-state index contributed by atoms with van der Waals surface area (Å²) in [7, 11) is -4.05. The SMILES string of the molecule is O=S(=O)(c1ccc(F)c(F)c1)N1CCNCC1c1cccc(F)c1. The smallest absolute Gasteiger partial charge is 0.243 e. The number of hydrogen-bond acceptors (Lipinski definition) is 3. The number of piperazine rings is 1. The summed E-state index contributed by atoms with van der Waals surface area (Å²) >= 11 is 0. The van der Waals surface area contributed by atoms with E-state index in [2.05, 4.69) is 5.32 Å². The van der Waals surface area contributed by atoms with Crippen molar-refractivity contribution in [2.75, 3.05) is 19.6 Å². The maximum atomic E-state index is 13.5. The Kier molecular flexibility index (Phi) is 4.62. The van der Waals surface area contributed by atoms with Crippen molar-refractivity contribution in [3.05, 3.63) is 65.5 Å². The lowest BCUT2D eigenvalue weighted by molar-refractivity contribution is 0.271. The molecule has 1 aliphatic rings. The molecule has 0 radical (unpaired) electrons. The van der Waals surface area contributed by atoms with E-state index in [1.54, 1.807) is 6.07 Å². The van der Waals surface area contributed by atoms with Gasteiger partial charge < -0.3 is 5.32 Å². The molecule has 1 atom stereocenters. The van der Waals surface area contributed by atoms with Crippen molar-refractivity contribution in [3.8, 4) is 0 Å². The fourth-order valence-corrected chi connectivity index (χ4v) is 4.37. The summed E-state index contributed by atoms with van der Waals surface area (Å²) < 4.78 is 66.9. The normalized spacial score (nSPS) is 19.4. The summed E-state index contributed by atoms with van der Waals surface area (Å²) in [4.78, 5) is -0.329. The zero-order valence-corrected chi connectivity index (χ0v) is 13.4. The average molecular weight is 356 g/mol. The van der Waals surface area contributed by atoms with E-state index in [0.717, 1.165) is 12.1 Å². The first-order valence-corrected chi connectivity index (χ1v) is 8.76. The Hall–Kier alpha value is -1.90. The van der Waals surface area contributed by atoms with Gasteiger partial charge in [0.15, 0.2) is 11.6 Å². The minimum Gasteiger partial charge on any atom is -0.313 e. The van der Waals surface area contributed by atoms with E-state index in [0.29, 0.717) is 24.7 Å². The number of halogens is 3. The molecule has 4 nitrogen and oxygen atoms in total. The Balaban J connectivity index is 2.01. The molecule has 8 heteroatoms. The van der Waals surface area contributed by atoms with E-state index in [9.17, 15) is 21.6 Å². The molecule has 2 aromatic carbocycles. The number of nitrogens with zero attached hydrogens (tertiary/aromatic N) is 1. The number of nitrogens with one attached hydrogen (secondary N) is 1. The first kappa shape index (κ1) is 16.9. The Morgan fingerprint density at radius 2 is 1.83 bits per heavy atom. The quantitative estimate of drug-likeness (QED) is 0.919. The lowest BCUT2D eigenvalue weighted by Crippen LogP contribution is -2.48. The zero-order valence-electron chi connectivity index (χ0n) is 12.5. The Morgan fingerprint density at radius 3 is 2.54 bits per heavy atom. The van der Waals surface area contributed by atoms with Crippen molar-refractivity contribution in [1.29, 1.82) is 0 Å². The van der Waals surface area contributed by atoms with Crippen molar-refractivity contribution in [3.63, 3.8) is 0 Å². The van der Waals surface area contributed by atoms with Gasteiger partial charge in [-0.2, -0.15) is 4.31 Å². The molecule has 2 aromatic rings. The topological polar surface area (TPSA) is 49.4 Å². The second-order valence-corrected chi connectivity index (χ2v) is 7.36. The van der Waals surface area contributed by atoms with Gasteiger partial charge in [-0.15, -0.1) is 0 Å². The Bertz CT molecular complexity index is 858. The number of rotatable bonds is 3. The van der Waals surface area contributed by atoms with Gasteiger partial charge in [-0.25, -0.2) is 21.6 Å². The predicted octanol–water partition coefficient (Wildman–Crippen LogP) is 2.44. The van der Waals surface area contributed by atoms with Crippen molar-refractivity contribution in [2.24, 2.45) is 0 Å². The zero-order chi connectivity index (χ0) is 17.3. The van der Waals surface area contributed by atoms with Crippen LogP contribution in [0.1, 0.15) is 11.6 Å². The van der Waals surface area contributed by atoms with E-state index in [1.807, 2.05) is 0 Å². The van der Waals surface area contributed by atoms with Gasteiger partial charge in [-0.05, 0) is 35.9 Å². The van der Waals surface area contributed by atoms with Crippen LogP contribution in [0.5, 0.6) is 0 Å². The maximum absolute atomic E-state index is 13.5. The molecule has 1 fully saturated rings. The highest BCUT2D eigenvalue weighted by Gasteiger charge is 2.34. The van der Waals surface area contributed by atoms with Crippen LogP contribution in [-0.2, 0) is 10.0 Å². The summed E-state index contributed by atoms with van der Waals surface area (Å²) in [5.74, 6) is -2.81. The van der Waals surface area contributed by atoms with Crippen LogP contribution in [0.15, 0.2) is 47.4 Å². The van der Waals surface area contributed by atoms with Crippen LogP contribution in [0.2, 0.25) is 0 Å². The van der Waals surface area contributed by atoms with Crippen LogP contribution in [0.25, 0.3) is 0 Å². The third-order valence-electron chi connectivity index (χ3n) is 3.93.